The molecule has 0 spiro atoms. The van der Waals surface area contributed by atoms with E-state index in [1.807, 2.05) is 24.3 Å². The van der Waals surface area contributed by atoms with Gasteiger partial charge in [0.2, 0.25) is 17.6 Å². The van der Waals surface area contributed by atoms with Gasteiger partial charge in [-0.25, -0.2) is 4.39 Å². The fourth-order valence-corrected chi connectivity index (χ4v) is 5.50. The summed E-state index contributed by atoms with van der Waals surface area (Å²) in [5, 5.41) is 7.54. The van der Waals surface area contributed by atoms with Crippen LogP contribution in [-0.2, 0) is 17.1 Å². The van der Waals surface area contributed by atoms with Crippen LogP contribution in [0.25, 0.3) is 11.4 Å². The summed E-state index contributed by atoms with van der Waals surface area (Å²) in [5.41, 5.74) is 1.39. The molecule has 1 aliphatic rings. The highest BCUT2D eigenvalue weighted by molar-refractivity contribution is 9.10. The Bertz CT molecular complexity index is 1110. The first kappa shape index (κ1) is 25.2. The Morgan fingerprint density at radius 3 is 3.00 bits per heavy atom. The number of benzene rings is 2. The number of aromatic nitrogens is 2. The number of thioether (sulfide) groups is 1. The number of nitrogens with zero attached hydrogens (tertiary/aromatic N) is 3. The van der Waals surface area contributed by atoms with Gasteiger partial charge in [0, 0.05) is 45.2 Å². The van der Waals surface area contributed by atoms with E-state index in [0.717, 1.165) is 29.4 Å². The van der Waals surface area contributed by atoms with Crippen LogP contribution >= 0.6 is 39.3 Å². The van der Waals surface area contributed by atoms with Crippen LogP contribution in [0.2, 0.25) is 5.02 Å². The second-order valence-electron chi connectivity index (χ2n) is 8.14. The molecule has 34 heavy (non-hydrogen) atoms. The summed E-state index contributed by atoms with van der Waals surface area (Å²) < 4.78 is 20.2. The highest BCUT2D eigenvalue weighted by atomic mass is 79.9. The molecule has 3 aromatic rings. The molecule has 0 bridgehead atoms. The van der Waals surface area contributed by atoms with Crippen molar-refractivity contribution in [2.75, 3.05) is 25.4 Å². The van der Waals surface area contributed by atoms with Gasteiger partial charge in [-0.05, 0) is 43.7 Å². The molecule has 180 valence electrons. The van der Waals surface area contributed by atoms with Gasteiger partial charge in [0.15, 0.2) is 0 Å². The van der Waals surface area contributed by atoms with Crippen LogP contribution in [0.1, 0.15) is 24.3 Å². The van der Waals surface area contributed by atoms with Crippen LogP contribution in [-0.4, -0.2) is 46.3 Å². The SMILES string of the molecule is O=C(NCCSCc1c(F)cccc1Cl)C1CCCN(Cc2nc(-c3cccc(Br)c3)no2)C1. The van der Waals surface area contributed by atoms with E-state index in [9.17, 15) is 9.18 Å². The van der Waals surface area contributed by atoms with Crippen LogP contribution in [0.4, 0.5) is 4.39 Å². The largest absolute Gasteiger partial charge is 0.355 e. The Morgan fingerprint density at radius 1 is 1.32 bits per heavy atom. The summed E-state index contributed by atoms with van der Waals surface area (Å²) in [6.45, 7) is 2.59. The van der Waals surface area contributed by atoms with E-state index in [1.165, 1.54) is 6.07 Å². The molecule has 1 saturated heterocycles. The molecule has 10 heteroatoms. The summed E-state index contributed by atoms with van der Waals surface area (Å²) in [5.74, 6) is 1.94. The minimum Gasteiger partial charge on any atom is -0.355 e. The summed E-state index contributed by atoms with van der Waals surface area (Å²) in [6.07, 6.45) is 1.79. The maximum Gasteiger partial charge on any atom is 0.241 e. The predicted molar refractivity (Wildman–Crippen MR) is 136 cm³/mol. The fraction of sp³-hybridized carbons (Fsp3) is 0.375. The molecule has 0 saturated carbocycles. The number of carbonyl (C=O) groups excluding carboxylic acids is 1. The number of hydrogen-bond donors (Lipinski definition) is 1. The zero-order chi connectivity index (χ0) is 23.9. The topological polar surface area (TPSA) is 71.3 Å². The Hall–Kier alpha value is -1.94. The molecular formula is C24H25BrClFN4O2S. The van der Waals surface area contributed by atoms with Crippen LogP contribution in [0.3, 0.4) is 0 Å². The summed E-state index contributed by atoms with van der Waals surface area (Å²) in [6, 6.07) is 12.4. The number of likely N-dealkylation sites (tertiary alicyclic amines) is 1. The van der Waals surface area contributed by atoms with Gasteiger partial charge in [0.1, 0.15) is 5.82 Å². The number of amides is 1. The third-order valence-electron chi connectivity index (χ3n) is 5.64. The summed E-state index contributed by atoms with van der Waals surface area (Å²) >= 11 is 11.1. The molecule has 1 unspecified atom stereocenters. The van der Waals surface area contributed by atoms with Crippen LogP contribution < -0.4 is 5.32 Å². The van der Waals surface area contributed by atoms with Gasteiger partial charge in [-0.2, -0.15) is 16.7 Å². The van der Waals surface area contributed by atoms with Crippen LogP contribution in [0.5, 0.6) is 0 Å². The van der Waals surface area contributed by atoms with Gasteiger partial charge in [-0.3, -0.25) is 9.69 Å². The fourth-order valence-electron chi connectivity index (χ4n) is 3.90. The molecule has 2 aromatic carbocycles. The first-order valence-corrected chi connectivity index (χ1v) is 13.4. The van der Waals surface area contributed by atoms with E-state index < -0.39 is 0 Å². The molecule has 1 N–H and O–H groups in total. The van der Waals surface area contributed by atoms with Crippen molar-refractivity contribution >= 4 is 45.2 Å². The Labute approximate surface area is 215 Å². The molecule has 1 aliphatic heterocycles. The average molecular weight is 568 g/mol. The minimum absolute atomic E-state index is 0.0505. The van der Waals surface area contributed by atoms with Gasteiger partial charge >= 0.3 is 0 Å². The molecule has 2 heterocycles. The predicted octanol–water partition coefficient (Wildman–Crippen LogP) is 5.55. The van der Waals surface area contributed by atoms with E-state index in [-0.39, 0.29) is 17.6 Å². The van der Waals surface area contributed by atoms with Crippen molar-refractivity contribution in [3.8, 4) is 11.4 Å². The molecule has 0 aliphatic carbocycles. The van der Waals surface area contributed by atoms with Gasteiger partial charge in [0.25, 0.3) is 0 Å². The van der Waals surface area contributed by atoms with E-state index in [0.29, 0.717) is 53.4 Å². The average Bonchev–Trinajstić information content (AvgIpc) is 3.29. The normalized spacial score (nSPS) is 16.5. The minimum atomic E-state index is -0.295. The van der Waals surface area contributed by atoms with Crippen molar-refractivity contribution in [2.45, 2.75) is 25.1 Å². The number of piperidine rings is 1. The number of hydrogen-bond acceptors (Lipinski definition) is 6. The van der Waals surface area contributed by atoms with Gasteiger partial charge in [-0.1, -0.05) is 50.9 Å². The van der Waals surface area contributed by atoms with E-state index >= 15 is 0 Å². The van der Waals surface area contributed by atoms with Crippen molar-refractivity contribution < 1.29 is 13.7 Å². The maximum absolute atomic E-state index is 13.8. The maximum atomic E-state index is 13.8. The Morgan fingerprint density at radius 2 is 2.18 bits per heavy atom. The summed E-state index contributed by atoms with van der Waals surface area (Å²) in [7, 11) is 0. The van der Waals surface area contributed by atoms with Crippen molar-refractivity contribution in [1.29, 1.82) is 0 Å². The van der Waals surface area contributed by atoms with Crippen molar-refractivity contribution in [3.63, 3.8) is 0 Å². The lowest BCUT2D eigenvalue weighted by molar-refractivity contribution is -0.126. The first-order valence-electron chi connectivity index (χ1n) is 11.1. The zero-order valence-corrected chi connectivity index (χ0v) is 21.6. The zero-order valence-electron chi connectivity index (χ0n) is 18.5. The van der Waals surface area contributed by atoms with E-state index in [2.05, 4.69) is 36.3 Å². The van der Waals surface area contributed by atoms with E-state index in [4.69, 9.17) is 16.1 Å². The summed E-state index contributed by atoms with van der Waals surface area (Å²) in [4.78, 5) is 19.4. The van der Waals surface area contributed by atoms with Gasteiger partial charge < -0.3 is 9.84 Å². The second kappa shape index (κ2) is 12.2. The Balaban J connectivity index is 1.21. The highest BCUT2D eigenvalue weighted by Crippen LogP contribution is 2.24. The van der Waals surface area contributed by atoms with Crippen molar-refractivity contribution in [2.24, 2.45) is 5.92 Å². The number of halogens is 3. The van der Waals surface area contributed by atoms with E-state index in [1.54, 1.807) is 23.9 Å². The monoisotopic (exact) mass is 566 g/mol. The van der Waals surface area contributed by atoms with Gasteiger partial charge in [0.05, 0.1) is 12.5 Å². The lowest BCUT2D eigenvalue weighted by atomic mass is 9.97. The lowest BCUT2D eigenvalue weighted by Gasteiger charge is -2.30. The third-order valence-corrected chi connectivity index (χ3v) is 7.47. The molecular weight excluding hydrogens is 543 g/mol. The molecule has 0 radical (unpaired) electrons. The Kier molecular flexibility index (Phi) is 8.99. The number of carbonyl (C=O) groups is 1. The van der Waals surface area contributed by atoms with Crippen LogP contribution in [0.15, 0.2) is 51.5 Å². The first-order chi connectivity index (χ1) is 16.5. The second-order valence-corrected chi connectivity index (χ2v) is 10.6. The molecule has 6 nitrogen and oxygen atoms in total. The smallest absolute Gasteiger partial charge is 0.241 e. The third kappa shape index (κ3) is 6.81. The quantitative estimate of drug-likeness (QED) is 0.342. The number of nitrogens with one attached hydrogen (secondary N) is 1. The molecule has 1 fully saturated rings. The highest BCUT2D eigenvalue weighted by Gasteiger charge is 2.26. The number of rotatable bonds is 9. The molecule has 1 aromatic heterocycles. The van der Waals surface area contributed by atoms with Crippen molar-refractivity contribution in [3.05, 3.63) is 69.2 Å². The molecule has 1 atom stereocenters. The molecule has 4 rings (SSSR count). The molecule has 1 amide bonds. The van der Waals surface area contributed by atoms with Crippen molar-refractivity contribution in [1.82, 2.24) is 20.4 Å². The van der Waals surface area contributed by atoms with Gasteiger partial charge in [-0.15, -0.1) is 0 Å². The lowest BCUT2D eigenvalue weighted by Crippen LogP contribution is -2.43. The standard InChI is InChI=1S/C24H25BrClFN4O2S/c25-18-6-1-4-16(12-18)23-29-22(33-30-23)14-31-10-3-5-17(13-31)24(32)28-9-11-34-15-19-20(26)7-2-8-21(19)27/h1-2,4,6-8,12,17H,3,5,9-11,13-15H2,(H,28,32). The van der Waals surface area contributed by atoms with Crippen LogP contribution in [0, 0.1) is 11.7 Å².